The average molecular weight is 422 g/mol. The molecule has 0 radical (unpaired) electrons. The van der Waals surface area contributed by atoms with Gasteiger partial charge in [0, 0.05) is 15.1 Å². The van der Waals surface area contributed by atoms with Crippen LogP contribution in [0.25, 0.3) is 5.69 Å². The molecule has 8 heteroatoms. The molecule has 25 heavy (non-hydrogen) atoms. The second-order valence-electron chi connectivity index (χ2n) is 5.20. The van der Waals surface area contributed by atoms with Gasteiger partial charge >= 0.3 is 6.09 Å². The minimum atomic E-state index is -0.618. The molecule has 3 rings (SSSR count). The van der Waals surface area contributed by atoms with Crippen LogP contribution in [0.4, 0.5) is 10.6 Å². The molecular formula is C17H14BrClN4O2. The van der Waals surface area contributed by atoms with E-state index in [0.717, 1.165) is 15.7 Å². The van der Waals surface area contributed by atoms with Gasteiger partial charge in [-0.05, 0) is 37.3 Å². The number of benzene rings is 2. The third-order valence-electron chi connectivity index (χ3n) is 3.48. The number of anilines is 1. The first-order chi connectivity index (χ1) is 12.0. The van der Waals surface area contributed by atoms with Gasteiger partial charge in [-0.25, -0.2) is 4.79 Å². The predicted octanol–water partition coefficient (Wildman–Crippen LogP) is 4.99. The number of hydrogen-bond acceptors (Lipinski definition) is 4. The Bertz CT molecular complexity index is 882. The highest BCUT2D eigenvalue weighted by molar-refractivity contribution is 9.10. The van der Waals surface area contributed by atoms with Crippen LogP contribution in [0.3, 0.4) is 0 Å². The zero-order valence-corrected chi connectivity index (χ0v) is 15.5. The van der Waals surface area contributed by atoms with Gasteiger partial charge in [0.2, 0.25) is 0 Å². The van der Waals surface area contributed by atoms with Crippen molar-refractivity contribution in [3.63, 3.8) is 0 Å². The molecule has 0 fully saturated rings. The first-order valence-corrected chi connectivity index (χ1v) is 8.60. The zero-order chi connectivity index (χ0) is 17.8. The van der Waals surface area contributed by atoms with Gasteiger partial charge in [0.25, 0.3) is 0 Å². The van der Waals surface area contributed by atoms with Crippen LogP contribution < -0.4 is 5.32 Å². The highest BCUT2D eigenvalue weighted by atomic mass is 79.9. The third-order valence-corrected chi connectivity index (χ3v) is 4.35. The molecule has 1 atom stereocenters. The highest BCUT2D eigenvalue weighted by Gasteiger charge is 2.16. The van der Waals surface area contributed by atoms with Gasteiger partial charge in [-0.3, -0.25) is 5.32 Å². The monoisotopic (exact) mass is 420 g/mol. The van der Waals surface area contributed by atoms with Crippen LogP contribution in [-0.2, 0) is 4.74 Å². The molecule has 0 aliphatic heterocycles. The standard InChI is InChI=1S/C17H14BrClN4O2/c1-11(14-4-2-3-5-15(14)19)25-17(24)21-16-10-20-22-23(16)13-8-6-12(18)7-9-13/h2-11H,1H3,(H,21,24). The zero-order valence-electron chi connectivity index (χ0n) is 13.2. The van der Waals surface area contributed by atoms with E-state index in [1.54, 1.807) is 13.0 Å². The molecule has 0 saturated heterocycles. The van der Waals surface area contributed by atoms with Crippen molar-refractivity contribution in [2.24, 2.45) is 0 Å². The Morgan fingerprint density at radius 3 is 2.68 bits per heavy atom. The third kappa shape index (κ3) is 4.18. The van der Waals surface area contributed by atoms with E-state index in [2.05, 4.69) is 31.6 Å². The maximum absolute atomic E-state index is 12.2. The molecule has 3 aromatic rings. The van der Waals surface area contributed by atoms with Crippen LogP contribution in [0.1, 0.15) is 18.6 Å². The van der Waals surface area contributed by atoms with Crippen LogP contribution in [0.5, 0.6) is 0 Å². The summed E-state index contributed by atoms with van der Waals surface area (Å²) >= 11 is 9.50. The summed E-state index contributed by atoms with van der Waals surface area (Å²) in [6, 6.07) is 14.7. The van der Waals surface area contributed by atoms with Crippen LogP contribution in [0.2, 0.25) is 5.02 Å². The Labute approximate surface area is 157 Å². The van der Waals surface area contributed by atoms with Gasteiger partial charge in [0.15, 0.2) is 5.82 Å². The van der Waals surface area contributed by atoms with E-state index in [1.807, 2.05) is 42.5 Å². The van der Waals surface area contributed by atoms with Crippen molar-refractivity contribution in [3.8, 4) is 5.69 Å². The normalized spacial score (nSPS) is 11.8. The number of hydrogen-bond donors (Lipinski definition) is 1. The van der Waals surface area contributed by atoms with Crippen LogP contribution in [0, 0.1) is 0 Å². The fourth-order valence-corrected chi connectivity index (χ4v) is 2.81. The number of nitrogens with zero attached hydrogens (tertiary/aromatic N) is 3. The minimum absolute atomic E-state index is 0.402. The van der Waals surface area contributed by atoms with Gasteiger partial charge in [0.05, 0.1) is 11.9 Å². The Hall–Kier alpha value is -2.38. The molecule has 6 nitrogen and oxygen atoms in total. The van der Waals surface area contributed by atoms with Gasteiger partial charge in [-0.15, -0.1) is 5.10 Å². The lowest BCUT2D eigenvalue weighted by molar-refractivity contribution is 0.121. The number of aromatic nitrogens is 3. The molecule has 1 heterocycles. The van der Waals surface area contributed by atoms with E-state index >= 15 is 0 Å². The second kappa shape index (κ2) is 7.67. The molecule has 128 valence electrons. The summed E-state index contributed by atoms with van der Waals surface area (Å²) in [7, 11) is 0. The molecule has 0 bridgehead atoms. The van der Waals surface area contributed by atoms with Gasteiger partial charge in [-0.2, -0.15) is 4.68 Å². The fourth-order valence-electron chi connectivity index (χ4n) is 2.26. The van der Waals surface area contributed by atoms with Gasteiger partial charge in [0.1, 0.15) is 6.10 Å². The van der Waals surface area contributed by atoms with E-state index in [9.17, 15) is 4.79 Å². The molecule has 1 amide bonds. The number of nitrogens with one attached hydrogen (secondary N) is 1. The molecule has 1 N–H and O–H groups in total. The lowest BCUT2D eigenvalue weighted by Crippen LogP contribution is -2.18. The first kappa shape index (κ1) is 17.4. The quantitative estimate of drug-likeness (QED) is 0.644. The van der Waals surface area contributed by atoms with E-state index in [4.69, 9.17) is 16.3 Å². The molecule has 0 saturated carbocycles. The highest BCUT2D eigenvalue weighted by Crippen LogP contribution is 2.25. The summed E-state index contributed by atoms with van der Waals surface area (Å²) in [6.45, 7) is 1.76. The summed E-state index contributed by atoms with van der Waals surface area (Å²) in [6.07, 6.45) is 0.336. The topological polar surface area (TPSA) is 69.0 Å². The Kier molecular flexibility index (Phi) is 5.35. The first-order valence-electron chi connectivity index (χ1n) is 7.43. The van der Waals surface area contributed by atoms with Crippen LogP contribution in [-0.4, -0.2) is 21.1 Å². The summed E-state index contributed by atoms with van der Waals surface area (Å²) < 4.78 is 7.84. The molecule has 0 aliphatic carbocycles. The van der Waals surface area contributed by atoms with Crippen molar-refractivity contribution in [3.05, 3.63) is 69.8 Å². The average Bonchev–Trinajstić information content (AvgIpc) is 3.03. The summed E-state index contributed by atoms with van der Waals surface area (Å²) in [5.41, 5.74) is 1.49. The van der Waals surface area contributed by atoms with E-state index < -0.39 is 12.2 Å². The number of amides is 1. The number of carbonyl (C=O) groups is 1. The molecule has 0 aliphatic rings. The summed E-state index contributed by atoms with van der Waals surface area (Å²) in [5, 5.41) is 11.0. The number of halogens is 2. The number of ether oxygens (including phenoxy) is 1. The Balaban J connectivity index is 1.71. The predicted molar refractivity (Wildman–Crippen MR) is 99.0 cm³/mol. The van der Waals surface area contributed by atoms with E-state index in [0.29, 0.717) is 10.8 Å². The molecular weight excluding hydrogens is 408 g/mol. The summed E-state index contributed by atoms with van der Waals surface area (Å²) in [4.78, 5) is 12.2. The largest absolute Gasteiger partial charge is 0.441 e. The Morgan fingerprint density at radius 1 is 1.24 bits per heavy atom. The van der Waals surface area contributed by atoms with Crippen molar-refractivity contribution in [2.45, 2.75) is 13.0 Å². The van der Waals surface area contributed by atoms with Crippen molar-refractivity contribution < 1.29 is 9.53 Å². The van der Waals surface area contributed by atoms with Gasteiger partial charge in [-0.1, -0.05) is 50.9 Å². The van der Waals surface area contributed by atoms with E-state index in [1.165, 1.54) is 10.9 Å². The van der Waals surface area contributed by atoms with E-state index in [-0.39, 0.29) is 0 Å². The van der Waals surface area contributed by atoms with Crippen molar-refractivity contribution in [2.75, 3.05) is 5.32 Å². The second-order valence-corrected chi connectivity index (χ2v) is 6.52. The molecule has 1 unspecified atom stereocenters. The smallest absolute Gasteiger partial charge is 0.413 e. The minimum Gasteiger partial charge on any atom is -0.441 e. The lowest BCUT2D eigenvalue weighted by Gasteiger charge is -2.15. The summed E-state index contributed by atoms with van der Waals surface area (Å²) in [5.74, 6) is 0.402. The number of carbonyl (C=O) groups excluding carboxylic acids is 1. The van der Waals surface area contributed by atoms with Crippen LogP contribution >= 0.6 is 27.5 Å². The SMILES string of the molecule is CC(OC(=O)Nc1cnnn1-c1ccc(Br)cc1)c1ccccc1Cl. The maximum atomic E-state index is 12.2. The Morgan fingerprint density at radius 2 is 1.96 bits per heavy atom. The fraction of sp³-hybridized carbons (Fsp3) is 0.118. The molecule has 1 aromatic heterocycles. The van der Waals surface area contributed by atoms with Gasteiger partial charge < -0.3 is 4.74 Å². The van der Waals surface area contributed by atoms with Crippen LogP contribution in [0.15, 0.2) is 59.2 Å². The number of rotatable bonds is 4. The maximum Gasteiger partial charge on any atom is 0.413 e. The molecule has 2 aromatic carbocycles. The molecule has 0 spiro atoms. The lowest BCUT2D eigenvalue weighted by atomic mass is 10.1. The van der Waals surface area contributed by atoms with Crippen molar-refractivity contribution in [1.82, 2.24) is 15.0 Å². The van der Waals surface area contributed by atoms with Crippen molar-refractivity contribution in [1.29, 1.82) is 0 Å². The van der Waals surface area contributed by atoms with Crippen molar-refractivity contribution >= 4 is 39.4 Å².